The third-order valence-electron chi connectivity index (χ3n) is 3.98. The van der Waals surface area contributed by atoms with E-state index in [2.05, 4.69) is 26.2 Å². The molecule has 6 heteroatoms. The molecule has 4 aromatic rings. The SMILES string of the molecule is O=C(Nc1ccc(-c2csc(-c3ccncc3)n2)cc1)c1ccc(Br)cc1. The number of hydrogen-bond donors (Lipinski definition) is 1. The third kappa shape index (κ3) is 4.13. The molecule has 2 aromatic heterocycles. The van der Waals surface area contributed by atoms with E-state index in [0.29, 0.717) is 5.56 Å². The lowest BCUT2D eigenvalue weighted by molar-refractivity contribution is 0.102. The molecule has 1 N–H and O–H groups in total. The van der Waals surface area contributed by atoms with E-state index in [1.165, 1.54) is 0 Å². The first-order valence-electron chi connectivity index (χ1n) is 8.22. The standard InChI is InChI=1S/C21H14BrN3OS/c22-17-5-1-15(2-6-17)20(26)24-18-7-3-14(4-8-18)19-13-27-21(25-19)16-9-11-23-12-10-16/h1-13H,(H,24,26). The number of nitrogens with zero attached hydrogens (tertiary/aromatic N) is 2. The predicted molar refractivity (Wildman–Crippen MR) is 113 cm³/mol. The average molecular weight is 436 g/mol. The lowest BCUT2D eigenvalue weighted by atomic mass is 10.1. The van der Waals surface area contributed by atoms with Crippen LogP contribution in [0.5, 0.6) is 0 Å². The van der Waals surface area contributed by atoms with E-state index in [9.17, 15) is 4.79 Å². The quantitative estimate of drug-likeness (QED) is 0.434. The fourth-order valence-electron chi connectivity index (χ4n) is 2.56. The Morgan fingerprint density at radius 2 is 1.59 bits per heavy atom. The first-order chi connectivity index (χ1) is 13.2. The number of carbonyl (C=O) groups excluding carboxylic acids is 1. The molecule has 0 unspecified atom stereocenters. The van der Waals surface area contributed by atoms with Gasteiger partial charge in [0.2, 0.25) is 0 Å². The number of nitrogens with one attached hydrogen (secondary N) is 1. The van der Waals surface area contributed by atoms with Crippen LogP contribution in [-0.2, 0) is 0 Å². The average Bonchev–Trinajstić information content (AvgIpc) is 3.20. The number of amides is 1. The highest BCUT2D eigenvalue weighted by Gasteiger charge is 2.08. The number of pyridine rings is 1. The van der Waals surface area contributed by atoms with Crippen molar-refractivity contribution in [3.05, 3.63) is 88.5 Å². The van der Waals surface area contributed by atoms with E-state index < -0.39 is 0 Å². The van der Waals surface area contributed by atoms with Crippen molar-refractivity contribution in [2.75, 3.05) is 5.32 Å². The van der Waals surface area contributed by atoms with Gasteiger partial charge in [-0.1, -0.05) is 28.1 Å². The molecule has 0 bridgehead atoms. The Labute approximate surface area is 169 Å². The summed E-state index contributed by atoms with van der Waals surface area (Å²) < 4.78 is 0.942. The van der Waals surface area contributed by atoms with E-state index >= 15 is 0 Å². The molecule has 2 heterocycles. The van der Waals surface area contributed by atoms with Gasteiger partial charge in [-0.3, -0.25) is 9.78 Å². The summed E-state index contributed by atoms with van der Waals surface area (Å²) in [5.74, 6) is -0.135. The van der Waals surface area contributed by atoms with Crippen LogP contribution in [0.4, 0.5) is 5.69 Å². The van der Waals surface area contributed by atoms with E-state index in [1.54, 1.807) is 35.9 Å². The molecule has 2 aromatic carbocycles. The number of benzene rings is 2. The Hall–Kier alpha value is -2.83. The number of halogens is 1. The second-order valence-electron chi connectivity index (χ2n) is 5.81. The Morgan fingerprint density at radius 1 is 0.889 bits per heavy atom. The van der Waals surface area contributed by atoms with Crippen molar-refractivity contribution in [1.29, 1.82) is 0 Å². The molecule has 0 fully saturated rings. The van der Waals surface area contributed by atoms with Gasteiger partial charge >= 0.3 is 0 Å². The highest BCUT2D eigenvalue weighted by Crippen LogP contribution is 2.29. The van der Waals surface area contributed by atoms with Crippen LogP contribution >= 0.6 is 27.3 Å². The van der Waals surface area contributed by atoms with Crippen molar-refractivity contribution in [3.8, 4) is 21.8 Å². The van der Waals surface area contributed by atoms with Crippen molar-refractivity contribution in [3.63, 3.8) is 0 Å². The van der Waals surface area contributed by atoms with Gasteiger partial charge in [0.05, 0.1) is 5.69 Å². The van der Waals surface area contributed by atoms with Gasteiger partial charge in [0.1, 0.15) is 5.01 Å². The molecule has 4 rings (SSSR count). The van der Waals surface area contributed by atoms with Gasteiger partial charge in [-0.15, -0.1) is 11.3 Å². The highest BCUT2D eigenvalue weighted by atomic mass is 79.9. The van der Waals surface area contributed by atoms with E-state index in [4.69, 9.17) is 4.98 Å². The first-order valence-corrected chi connectivity index (χ1v) is 9.89. The summed E-state index contributed by atoms with van der Waals surface area (Å²) in [6.45, 7) is 0. The summed E-state index contributed by atoms with van der Waals surface area (Å²) in [5, 5.41) is 5.90. The van der Waals surface area contributed by atoms with Crippen molar-refractivity contribution >= 4 is 38.9 Å². The summed E-state index contributed by atoms with van der Waals surface area (Å²) in [7, 11) is 0. The summed E-state index contributed by atoms with van der Waals surface area (Å²) in [4.78, 5) is 21.0. The van der Waals surface area contributed by atoms with E-state index in [-0.39, 0.29) is 5.91 Å². The number of aromatic nitrogens is 2. The molecule has 27 heavy (non-hydrogen) atoms. The van der Waals surface area contributed by atoms with Crippen LogP contribution in [0.25, 0.3) is 21.8 Å². The Morgan fingerprint density at radius 3 is 2.30 bits per heavy atom. The van der Waals surface area contributed by atoms with E-state index in [1.807, 2.05) is 53.9 Å². The summed E-state index contributed by atoms with van der Waals surface area (Å²) in [6, 6.07) is 18.8. The molecule has 0 aliphatic carbocycles. The summed E-state index contributed by atoms with van der Waals surface area (Å²) in [6.07, 6.45) is 3.53. The molecule has 1 amide bonds. The fraction of sp³-hybridized carbons (Fsp3) is 0. The van der Waals surface area contributed by atoms with Crippen molar-refractivity contribution in [2.45, 2.75) is 0 Å². The van der Waals surface area contributed by atoms with Crippen LogP contribution < -0.4 is 5.32 Å². The van der Waals surface area contributed by atoms with Crippen molar-refractivity contribution in [1.82, 2.24) is 9.97 Å². The summed E-state index contributed by atoms with van der Waals surface area (Å²) in [5.41, 5.74) is 4.34. The molecule has 132 valence electrons. The monoisotopic (exact) mass is 435 g/mol. The number of rotatable bonds is 4. The minimum Gasteiger partial charge on any atom is -0.322 e. The minimum absolute atomic E-state index is 0.135. The second-order valence-corrected chi connectivity index (χ2v) is 7.59. The maximum absolute atomic E-state index is 12.3. The van der Waals surface area contributed by atoms with Crippen molar-refractivity contribution in [2.24, 2.45) is 0 Å². The molecule has 0 aliphatic heterocycles. The number of anilines is 1. The van der Waals surface area contributed by atoms with Crippen LogP contribution in [0.1, 0.15) is 10.4 Å². The van der Waals surface area contributed by atoms with Gasteiger partial charge in [0.25, 0.3) is 5.91 Å². The Kier molecular flexibility index (Phi) is 5.09. The smallest absolute Gasteiger partial charge is 0.255 e. The molecular weight excluding hydrogens is 422 g/mol. The zero-order valence-electron chi connectivity index (χ0n) is 14.1. The summed E-state index contributed by atoms with van der Waals surface area (Å²) >= 11 is 4.97. The molecule has 0 radical (unpaired) electrons. The van der Waals surface area contributed by atoms with Gasteiger partial charge in [0, 0.05) is 44.6 Å². The third-order valence-corrected chi connectivity index (χ3v) is 5.40. The van der Waals surface area contributed by atoms with Crippen LogP contribution in [0.2, 0.25) is 0 Å². The van der Waals surface area contributed by atoms with Gasteiger partial charge in [0.15, 0.2) is 0 Å². The number of thiazole rings is 1. The fourth-order valence-corrected chi connectivity index (χ4v) is 3.66. The molecule has 4 nitrogen and oxygen atoms in total. The predicted octanol–water partition coefficient (Wildman–Crippen LogP) is 5.89. The van der Waals surface area contributed by atoms with Crippen LogP contribution in [0.3, 0.4) is 0 Å². The van der Waals surface area contributed by atoms with Crippen LogP contribution in [0, 0.1) is 0 Å². The minimum atomic E-state index is -0.135. The lowest BCUT2D eigenvalue weighted by Gasteiger charge is -2.06. The van der Waals surface area contributed by atoms with Gasteiger partial charge in [-0.2, -0.15) is 0 Å². The lowest BCUT2D eigenvalue weighted by Crippen LogP contribution is -2.11. The van der Waals surface area contributed by atoms with Crippen LogP contribution in [-0.4, -0.2) is 15.9 Å². The van der Waals surface area contributed by atoms with Crippen molar-refractivity contribution < 1.29 is 4.79 Å². The maximum atomic E-state index is 12.3. The molecule has 0 spiro atoms. The molecule has 0 saturated carbocycles. The topological polar surface area (TPSA) is 54.9 Å². The van der Waals surface area contributed by atoms with Gasteiger partial charge < -0.3 is 5.32 Å². The Balaban J connectivity index is 1.48. The largest absolute Gasteiger partial charge is 0.322 e. The highest BCUT2D eigenvalue weighted by molar-refractivity contribution is 9.10. The Bertz CT molecular complexity index is 1060. The maximum Gasteiger partial charge on any atom is 0.255 e. The zero-order valence-corrected chi connectivity index (χ0v) is 16.5. The van der Waals surface area contributed by atoms with Gasteiger partial charge in [-0.05, 0) is 48.5 Å². The van der Waals surface area contributed by atoms with Crippen LogP contribution in [0.15, 0.2) is 82.9 Å². The zero-order chi connectivity index (χ0) is 18.6. The van der Waals surface area contributed by atoms with E-state index in [0.717, 1.165) is 32.0 Å². The molecule has 0 saturated heterocycles. The van der Waals surface area contributed by atoms with Gasteiger partial charge in [-0.25, -0.2) is 4.98 Å². The number of hydrogen-bond acceptors (Lipinski definition) is 4. The first kappa shape index (κ1) is 17.6. The molecule has 0 aliphatic rings. The second kappa shape index (κ2) is 7.82. The molecule has 0 atom stereocenters. The normalized spacial score (nSPS) is 10.6. The molecular formula is C21H14BrN3OS. The number of carbonyl (C=O) groups is 1.